The van der Waals surface area contributed by atoms with Crippen molar-refractivity contribution in [2.24, 2.45) is 0 Å². The molecule has 0 bridgehead atoms. The molecule has 0 rings (SSSR count). The maximum absolute atomic E-state index is 5.37. The third-order valence-electron chi connectivity index (χ3n) is 2.34. The van der Waals surface area contributed by atoms with Gasteiger partial charge >= 0.3 is 8.80 Å². The Balaban J connectivity index is 4.17. The summed E-state index contributed by atoms with van der Waals surface area (Å²) in [4.78, 5) is 0. The van der Waals surface area contributed by atoms with Crippen LogP contribution in [0.25, 0.3) is 0 Å². The predicted molar refractivity (Wildman–Crippen MR) is 55.4 cm³/mol. The average Bonchev–Trinajstić information content (AvgIpc) is 2.18. The van der Waals surface area contributed by atoms with Gasteiger partial charge in [-0.25, -0.2) is 0 Å². The maximum Gasteiger partial charge on any atom is 0.503 e. The van der Waals surface area contributed by atoms with E-state index in [1.807, 2.05) is 0 Å². The summed E-state index contributed by atoms with van der Waals surface area (Å²) in [6.07, 6.45) is 3.09. The van der Waals surface area contributed by atoms with Crippen LogP contribution in [0.5, 0.6) is 0 Å². The zero-order valence-electron chi connectivity index (χ0n) is 9.13. The van der Waals surface area contributed by atoms with Crippen molar-refractivity contribution in [1.29, 1.82) is 0 Å². The molecule has 0 aliphatic rings. The molecule has 0 aromatic rings. The molecule has 1 unspecified atom stereocenters. The van der Waals surface area contributed by atoms with Gasteiger partial charge in [0.2, 0.25) is 0 Å². The third kappa shape index (κ3) is 3.38. The van der Waals surface area contributed by atoms with Crippen molar-refractivity contribution < 1.29 is 13.3 Å². The topological polar surface area (TPSA) is 27.7 Å². The van der Waals surface area contributed by atoms with Gasteiger partial charge in [-0.3, -0.25) is 0 Å². The van der Waals surface area contributed by atoms with Crippen molar-refractivity contribution in [1.82, 2.24) is 0 Å². The van der Waals surface area contributed by atoms with Gasteiger partial charge in [0, 0.05) is 26.9 Å². The summed E-state index contributed by atoms with van der Waals surface area (Å²) < 4.78 is 16.1. The Labute approximate surface area is 82.8 Å². The van der Waals surface area contributed by atoms with Crippen LogP contribution in [0.2, 0.25) is 5.54 Å². The van der Waals surface area contributed by atoms with Gasteiger partial charge in [-0.05, 0) is 6.42 Å². The molecule has 1 atom stereocenters. The molecule has 1 radical (unpaired) electrons. The second-order valence-corrected chi connectivity index (χ2v) is 6.53. The van der Waals surface area contributed by atoms with Crippen LogP contribution in [0.4, 0.5) is 0 Å². The van der Waals surface area contributed by atoms with E-state index in [0.717, 1.165) is 19.3 Å². The molecule has 0 fully saturated rings. The average molecular weight is 205 g/mol. The Bertz CT molecular complexity index is 118. The van der Waals surface area contributed by atoms with Crippen LogP contribution in [0.1, 0.15) is 26.2 Å². The van der Waals surface area contributed by atoms with Gasteiger partial charge in [0.15, 0.2) is 0 Å². The fraction of sp³-hybridized carbons (Fsp3) is 0.889. The molecule has 3 nitrogen and oxygen atoms in total. The van der Waals surface area contributed by atoms with Crippen molar-refractivity contribution in [3.8, 4) is 0 Å². The highest BCUT2D eigenvalue weighted by Gasteiger charge is 2.43. The largest absolute Gasteiger partial charge is 0.503 e. The molecule has 0 spiro atoms. The lowest BCUT2D eigenvalue weighted by Gasteiger charge is -2.30. The van der Waals surface area contributed by atoms with Crippen LogP contribution in [0, 0.1) is 6.92 Å². The molecule has 0 aliphatic heterocycles. The van der Waals surface area contributed by atoms with E-state index in [0.29, 0.717) is 5.54 Å². The van der Waals surface area contributed by atoms with Crippen molar-refractivity contribution in [2.75, 3.05) is 21.3 Å². The molecular weight excluding hydrogens is 184 g/mol. The molecule has 0 aromatic heterocycles. The van der Waals surface area contributed by atoms with Crippen molar-refractivity contribution in [2.45, 2.75) is 31.7 Å². The molecule has 0 saturated heterocycles. The number of unbranched alkanes of at least 4 members (excludes halogenated alkanes) is 1. The first-order chi connectivity index (χ1) is 6.16. The third-order valence-corrected chi connectivity index (χ3v) is 5.55. The highest BCUT2D eigenvalue weighted by atomic mass is 28.4. The van der Waals surface area contributed by atoms with Crippen LogP contribution in [0.15, 0.2) is 0 Å². The first kappa shape index (κ1) is 13.1. The summed E-state index contributed by atoms with van der Waals surface area (Å²) in [7, 11) is 2.57. The van der Waals surface area contributed by atoms with Gasteiger partial charge < -0.3 is 13.3 Å². The predicted octanol–water partition coefficient (Wildman–Crippen LogP) is 2.26. The zero-order valence-corrected chi connectivity index (χ0v) is 10.1. The molecular formula is C9H21O3Si. The minimum absolute atomic E-state index is 0.342. The first-order valence-electron chi connectivity index (χ1n) is 4.61. The molecule has 13 heavy (non-hydrogen) atoms. The fourth-order valence-corrected chi connectivity index (χ4v) is 3.75. The number of rotatable bonds is 7. The van der Waals surface area contributed by atoms with Crippen LogP contribution < -0.4 is 0 Å². The SMILES string of the molecule is [CH2]CCCC(C)[Si](OC)(OC)OC. The summed E-state index contributed by atoms with van der Waals surface area (Å²) >= 11 is 0. The number of hydrogen-bond acceptors (Lipinski definition) is 3. The Hall–Kier alpha value is 0.0969. The summed E-state index contributed by atoms with van der Waals surface area (Å²) in [5, 5.41) is 0. The fourth-order valence-electron chi connectivity index (χ4n) is 1.48. The molecule has 79 valence electrons. The second kappa shape index (κ2) is 6.54. The zero-order chi connectivity index (χ0) is 10.3. The summed E-state index contributed by atoms with van der Waals surface area (Å²) in [5.41, 5.74) is 0.342. The molecule has 0 aliphatic carbocycles. The Morgan fingerprint density at radius 3 is 1.92 bits per heavy atom. The lowest BCUT2D eigenvalue weighted by molar-refractivity contribution is 0.111. The molecule has 0 saturated carbocycles. The van der Waals surface area contributed by atoms with Crippen LogP contribution in [0.3, 0.4) is 0 Å². The van der Waals surface area contributed by atoms with Crippen LogP contribution in [-0.2, 0) is 13.3 Å². The van der Waals surface area contributed by atoms with Gasteiger partial charge in [-0.1, -0.05) is 26.7 Å². The van der Waals surface area contributed by atoms with E-state index in [1.165, 1.54) is 0 Å². The van der Waals surface area contributed by atoms with Crippen LogP contribution >= 0.6 is 0 Å². The summed E-state index contributed by atoms with van der Waals surface area (Å²) in [6.45, 7) is 5.92. The van der Waals surface area contributed by atoms with E-state index in [9.17, 15) is 0 Å². The summed E-state index contributed by atoms with van der Waals surface area (Å²) in [5.74, 6) is 0. The van der Waals surface area contributed by atoms with Crippen molar-refractivity contribution >= 4 is 8.80 Å². The molecule has 0 aromatic carbocycles. The first-order valence-corrected chi connectivity index (χ1v) is 6.41. The Morgan fingerprint density at radius 1 is 1.15 bits per heavy atom. The number of hydrogen-bond donors (Lipinski definition) is 0. The van der Waals surface area contributed by atoms with Crippen molar-refractivity contribution in [3.05, 3.63) is 6.92 Å². The van der Waals surface area contributed by atoms with Gasteiger partial charge in [0.05, 0.1) is 0 Å². The second-order valence-electron chi connectivity index (χ2n) is 3.11. The highest BCUT2D eigenvalue weighted by Crippen LogP contribution is 2.28. The Kier molecular flexibility index (Phi) is 6.58. The quantitative estimate of drug-likeness (QED) is 0.597. The lowest BCUT2D eigenvalue weighted by Crippen LogP contribution is -2.46. The minimum atomic E-state index is -2.39. The smallest absolute Gasteiger partial charge is 0.377 e. The van der Waals surface area contributed by atoms with E-state index in [-0.39, 0.29) is 0 Å². The normalized spacial score (nSPS) is 14.5. The van der Waals surface area contributed by atoms with Crippen molar-refractivity contribution in [3.63, 3.8) is 0 Å². The van der Waals surface area contributed by atoms with E-state index >= 15 is 0 Å². The molecule has 0 amide bonds. The van der Waals surface area contributed by atoms with Gasteiger partial charge in [-0.2, -0.15) is 0 Å². The van der Waals surface area contributed by atoms with E-state index in [2.05, 4.69) is 13.8 Å². The van der Waals surface area contributed by atoms with Gasteiger partial charge in [-0.15, -0.1) is 0 Å². The minimum Gasteiger partial charge on any atom is -0.377 e. The van der Waals surface area contributed by atoms with E-state index in [4.69, 9.17) is 13.3 Å². The molecule has 4 heteroatoms. The standard InChI is InChI=1S/C9H21O3Si/c1-6-7-8-9(2)13(10-3,11-4)12-5/h9H,1,6-8H2,2-5H3. The van der Waals surface area contributed by atoms with Gasteiger partial charge in [0.25, 0.3) is 0 Å². The van der Waals surface area contributed by atoms with Gasteiger partial charge in [0.1, 0.15) is 0 Å². The lowest BCUT2D eigenvalue weighted by atomic mass is 10.2. The highest BCUT2D eigenvalue weighted by molar-refractivity contribution is 6.62. The maximum atomic E-state index is 5.37. The molecule has 0 N–H and O–H groups in total. The Morgan fingerprint density at radius 2 is 1.62 bits per heavy atom. The van der Waals surface area contributed by atoms with E-state index < -0.39 is 8.80 Å². The van der Waals surface area contributed by atoms with Crippen LogP contribution in [-0.4, -0.2) is 30.1 Å². The monoisotopic (exact) mass is 205 g/mol. The molecule has 0 heterocycles. The van der Waals surface area contributed by atoms with E-state index in [1.54, 1.807) is 21.3 Å². The summed E-state index contributed by atoms with van der Waals surface area (Å²) in [6, 6.07) is 0.